The molecule has 0 radical (unpaired) electrons. The number of benzene rings is 4. The molecular formula is C26H20BrNO2. The van der Waals surface area contributed by atoms with Crippen LogP contribution in [-0.2, 0) is 11.2 Å². The Labute approximate surface area is 183 Å². The molecule has 3 nitrogen and oxygen atoms in total. The summed E-state index contributed by atoms with van der Waals surface area (Å²) < 4.78 is 0.992. The number of carboxylic acid groups (broad SMARTS) is 1. The summed E-state index contributed by atoms with van der Waals surface area (Å²) in [6, 6.07) is 30.5. The van der Waals surface area contributed by atoms with Crippen LogP contribution in [0.4, 0.5) is 0 Å². The highest BCUT2D eigenvalue weighted by Crippen LogP contribution is 2.28. The predicted molar refractivity (Wildman–Crippen MR) is 125 cm³/mol. The number of hydrogen-bond acceptors (Lipinski definition) is 2. The normalized spacial score (nSPS) is 11.8. The minimum Gasteiger partial charge on any atom is -0.480 e. The molecule has 0 saturated carbocycles. The minimum absolute atomic E-state index is 0.312. The van der Waals surface area contributed by atoms with E-state index < -0.39 is 12.0 Å². The summed E-state index contributed by atoms with van der Waals surface area (Å²) >= 11 is 3.58. The first-order chi connectivity index (χ1) is 14.6. The molecule has 0 bridgehead atoms. The first-order valence-electron chi connectivity index (χ1n) is 9.71. The van der Waals surface area contributed by atoms with E-state index in [-0.39, 0.29) is 0 Å². The van der Waals surface area contributed by atoms with E-state index in [1.165, 1.54) is 0 Å². The molecule has 4 aromatic carbocycles. The van der Waals surface area contributed by atoms with Gasteiger partial charge in [-0.05, 0) is 22.4 Å². The quantitative estimate of drug-likeness (QED) is 0.353. The van der Waals surface area contributed by atoms with Gasteiger partial charge in [-0.1, -0.05) is 107 Å². The smallest absolute Gasteiger partial charge is 0.328 e. The zero-order valence-corrected chi connectivity index (χ0v) is 17.8. The SMILES string of the molecule is O=C(O)[C@H](Cc1ccc(Br)c2ccccc12)N=C(c1ccccc1)c1ccccc1. The van der Waals surface area contributed by atoms with Crippen LogP contribution in [0.3, 0.4) is 0 Å². The maximum Gasteiger partial charge on any atom is 0.328 e. The van der Waals surface area contributed by atoms with Gasteiger partial charge in [0.2, 0.25) is 0 Å². The lowest BCUT2D eigenvalue weighted by Gasteiger charge is -2.15. The fourth-order valence-corrected chi connectivity index (χ4v) is 4.04. The van der Waals surface area contributed by atoms with E-state index in [2.05, 4.69) is 15.9 Å². The molecule has 0 amide bonds. The van der Waals surface area contributed by atoms with Crippen molar-refractivity contribution in [1.82, 2.24) is 0 Å². The number of fused-ring (bicyclic) bond motifs is 1. The van der Waals surface area contributed by atoms with Gasteiger partial charge < -0.3 is 5.11 Å². The molecule has 0 saturated heterocycles. The van der Waals surface area contributed by atoms with E-state index in [0.717, 1.165) is 31.9 Å². The number of carbonyl (C=O) groups is 1. The second kappa shape index (κ2) is 9.06. The number of carboxylic acids is 1. The van der Waals surface area contributed by atoms with Gasteiger partial charge in [0.1, 0.15) is 0 Å². The van der Waals surface area contributed by atoms with E-state index in [4.69, 9.17) is 4.99 Å². The Morgan fingerprint density at radius 1 is 0.767 bits per heavy atom. The summed E-state index contributed by atoms with van der Waals surface area (Å²) in [6.45, 7) is 0. The van der Waals surface area contributed by atoms with Crippen LogP contribution < -0.4 is 0 Å². The van der Waals surface area contributed by atoms with E-state index in [9.17, 15) is 9.90 Å². The van der Waals surface area contributed by atoms with Crippen molar-refractivity contribution in [3.63, 3.8) is 0 Å². The van der Waals surface area contributed by atoms with Gasteiger partial charge in [-0.15, -0.1) is 0 Å². The highest BCUT2D eigenvalue weighted by molar-refractivity contribution is 9.10. The summed E-state index contributed by atoms with van der Waals surface area (Å²) in [7, 11) is 0. The Balaban J connectivity index is 1.80. The zero-order chi connectivity index (χ0) is 20.9. The molecule has 0 aromatic heterocycles. The molecule has 30 heavy (non-hydrogen) atoms. The van der Waals surface area contributed by atoms with Gasteiger partial charge in [0.15, 0.2) is 6.04 Å². The van der Waals surface area contributed by atoms with Gasteiger partial charge >= 0.3 is 5.97 Å². The molecule has 0 heterocycles. The van der Waals surface area contributed by atoms with Gasteiger partial charge in [0.25, 0.3) is 0 Å². The van der Waals surface area contributed by atoms with Crippen molar-refractivity contribution in [3.05, 3.63) is 118 Å². The highest BCUT2D eigenvalue weighted by atomic mass is 79.9. The summed E-state index contributed by atoms with van der Waals surface area (Å²) in [5, 5.41) is 12.1. The number of rotatable bonds is 6. The third-order valence-electron chi connectivity index (χ3n) is 5.04. The Bertz CT molecular complexity index is 1160. The lowest BCUT2D eigenvalue weighted by molar-refractivity contribution is -0.138. The number of aliphatic imine (C=N–C) groups is 1. The fourth-order valence-electron chi connectivity index (χ4n) is 3.56. The van der Waals surface area contributed by atoms with Gasteiger partial charge in [-0.25, -0.2) is 4.79 Å². The van der Waals surface area contributed by atoms with Gasteiger partial charge in [-0.2, -0.15) is 0 Å². The third-order valence-corrected chi connectivity index (χ3v) is 5.73. The summed E-state index contributed by atoms with van der Waals surface area (Å²) in [5.41, 5.74) is 3.45. The first kappa shape index (κ1) is 20.0. The van der Waals surface area contributed by atoms with E-state index in [0.29, 0.717) is 12.1 Å². The monoisotopic (exact) mass is 457 g/mol. The van der Waals surface area contributed by atoms with Crippen molar-refractivity contribution in [2.45, 2.75) is 12.5 Å². The van der Waals surface area contributed by atoms with Crippen LogP contribution in [0, 0.1) is 0 Å². The Hall–Kier alpha value is -3.24. The topological polar surface area (TPSA) is 49.7 Å². The molecule has 4 heteroatoms. The van der Waals surface area contributed by atoms with Crippen molar-refractivity contribution in [3.8, 4) is 0 Å². The summed E-state index contributed by atoms with van der Waals surface area (Å²) in [6.07, 6.45) is 0.312. The number of aliphatic carboxylic acids is 1. The highest BCUT2D eigenvalue weighted by Gasteiger charge is 2.20. The number of hydrogen-bond donors (Lipinski definition) is 1. The van der Waals surface area contributed by atoms with Crippen molar-refractivity contribution in [2.75, 3.05) is 0 Å². The van der Waals surface area contributed by atoms with Crippen LogP contribution in [0.2, 0.25) is 0 Å². The molecule has 0 fully saturated rings. The van der Waals surface area contributed by atoms with Crippen molar-refractivity contribution < 1.29 is 9.90 Å². The second-order valence-electron chi connectivity index (χ2n) is 7.02. The predicted octanol–water partition coefficient (Wildman–Crippen LogP) is 6.14. The molecule has 0 spiro atoms. The lowest BCUT2D eigenvalue weighted by atomic mass is 9.97. The number of halogens is 1. The molecule has 0 aliphatic carbocycles. The van der Waals surface area contributed by atoms with Crippen molar-refractivity contribution >= 4 is 38.4 Å². The molecule has 0 aliphatic rings. The standard InChI is InChI=1S/C26H20BrNO2/c27-23-16-15-20(21-13-7-8-14-22(21)23)17-24(26(29)30)28-25(18-9-3-1-4-10-18)19-11-5-2-6-12-19/h1-16,24H,17H2,(H,29,30)/t24-/m0/s1. The molecule has 148 valence electrons. The summed E-state index contributed by atoms with van der Waals surface area (Å²) in [4.78, 5) is 16.9. The van der Waals surface area contributed by atoms with Crippen LogP contribution in [-0.4, -0.2) is 22.8 Å². The van der Waals surface area contributed by atoms with Crippen LogP contribution >= 0.6 is 15.9 Å². The average Bonchev–Trinajstić information content (AvgIpc) is 2.79. The maximum atomic E-state index is 12.2. The van der Waals surface area contributed by atoms with E-state index in [1.54, 1.807) is 0 Å². The third kappa shape index (κ3) is 4.34. The first-order valence-corrected chi connectivity index (χ1v) is 10.5. The maximum absolute atomic E-state index is 12.2. The van der Waals surface area contributed by atoms with Gasteiger partial charge in [0.05, 0.1) is 5.71 Å². The molecule has 4 aromatic rings. The number of nitrogens with zero attached hydrogens (tertiary/aromatic N) is 1. The lowest BCUT2D eigenvalue weighted by Crippen LogP contribution is -2.23. The van der Waals surface area contributed by atoms with Crippen LogP contribution in [0.1, 0.15) is 16.7 Å². The van der Waals surface area contributed by atoms with E-state index >= 15 is 0 Å². The minimum atomic E-state index is -0.939. The molecule has 0 aliphatic heterocycles. The van der Waals surface area contributed by atoms with Gasteiger partial charge in [0, 0.05) is 22.0 Å². The van der Waals surface area contributed by atoms with Crippen molar-refractivity contribution in [1.29, 1.82) is 0 Å². The molecule has 1 atom stereocenters. The molecule has 1 N–H and O–H groups in total. The van der Waals surface area contributed by atoms with E-state index in [1.807, 2.05) is 97.1 Å². The molecule has 0 unspecified atom stereocenters. The fraction of sp³-hybridized carbons (Fsp3) is 0.0769. The molecular weight excluding hydrogens is 438 g/mol. The Kier molecular flexibility index (Phi) is 6.05. The Morgan fingerprint density at radius 2 is 1.30 bits per heavy atom. The summed E-state index contributed by atoms with van der Waals surface area (Å²) in [5.74, 6) is -0.939. The average molecular weight is 458 g/mol. The zero-order valence-electron chi connectivity index (χ0n) is 16.2. The van der Waals surface area contributed by atoms with Crippen molar-refractivity contribution in [2.24, 2.45) is 4.99 Å². The van der Waals surface area contributed by atoms with Gasteiger partial charge in [-0.3, -0.25) is 4.99 Å². The second-order valence-corrected chi connectivity index (χ2v) is 7.87. The van der Waals surface area contributed by atoms with Crippen LogP contribution in [0.25, 0.3) is 10.8 Å². The largest absolute Gasteiger partial charge is 0.480 e. The van der Waals surface area contributed by atoms with Crippen LogP contribution in [0.5, 0.6) is 0 Å². The van der Waals surface area contributed by atoms with Crippen LogP contribution in [0.15, 0.2) is 107 Å². The Morgan fingerprint density at radius 3 is 1.87 bits per heavy atom. The molecule has 4 rings (SSSR count).